The monoisotopic (exact) mass is 325 g/mol. The molecule has 5 nitrogen and oxygen atoms in total. The Labute approximate surface area is 142 Å². The molecule has 3 rings (SSSR count). The Morgan fingerprint density at radius 2 is 2.08 bits per heavy atom. The van der Waals surface area contributed by atoms with Crippen LogP contribution in [-0.4, -0.2) is 37.4 Å². The van der Waals surface area contributed by atoms with Gasteiger partial charge in [0.15, 0.2) is 5.75 Å². The fraction of sp³-hybridized carbons (Fsp3) is 0.278. The highest BCUT2D eigenvalue weighted by Gasteiger charge is 2.20. The minimum atomic E-state index is -0.822. The first kappa shape index (κ1) is 16.5. The molecule has 24 heavy (non-hydrogen) atoms. The molecule has 0 saturated heterocycles. The largest absolute Gasteiger partial charge is 0.491 e. The smallest absolute Gasteiger partial charge is 0.484 e. The van der Waals surface area contributed by atoms with Crippen LogP contribution < -0.4 is 9.47 Å². The molecular formula is C18H20BNO4. The summed E-state index contributed by atoms with van der Waals surface area (Å²) in [6.45, 7) is 3.05. The van der Waals surface area contributed by atoms with E-state index in [9.17, 15) is 5.02 Å². The Kier molecular flexibility index (Phi) is 5.18. The van der Waals surface area contributed by atoms with E-state index in [-0.39, 0.29) is 0 Å². The van der Waals surface area contributed by atoms with Gasteiger partial charge in [-0.15, -0.1) is 0 Å². The number of rotatable bonds is 6. The third-order valence-corrected chi connectivity index (χ3v) is 3.77. The lowest BCUT2D eigenvalue weighted by molar-refractivity contribution is 0.283. The average Bonchev–Trinajstić information content (AvgIpc) is 3.06. The molecule has 1 aliphatic heterocycles. The Morgan fingerprint density at radius 1 is 1.25 bits per heavy atom. The first-order valence-corrected chi connectivity index (χ1v) is 8.00. The lowest BCUT2D eigenvalue weighted by Gasteiger charge is -2.11. The van der Waals surface area contributed by atoms with Crippen molar-refractivity contribution in [1.82, 2.24) is 4.98 Å². The van der Waals surface area contributed by atoms with Crippen LogP contribution in [0, 0.1) is 0 Å². The molecule has 0 bridgehead atoms. The third-order valence-electron chi connectivity index (χ3n) is 3.77. The summed E-state index contributed by atoms with van der Waals surface area (Å²) < 4.78 is 16.2. The molecule has 2 aromatic rings. The molecule has 0 amide bonds. The first-order chi connectivity index (χ1) is 11.7. The van der Waals surface area contributed by atoms with E-state index < -0.39 is 7.12 Å². The molecule has 0 aliphatic carbocycles. The van der Waals surface area contributed by atoms with Crippen molar-refractivity contribution in [3.63, 3.8) is 0 Å². The second-order valence-corrected chi connectivity index (χ2v) is 5.53. The van der Waals surface area contributed by atoms with Crippen molar-refractivity contribution in [3.05, 3.63) is 47.9 Å². The van der Waals surface area contributed by atoms with Gasteiger partial charge in [-0.1, -0.05) is 25.1 Å². The highest BCUT2D eigenvalue weighted by atomic mass is 16.5. The summed E-state index contributed by atoms with van der Waals surface area (Å²) in [5, 5.41) is 9.48. The van der Waals surface area contributed by atoms with Gasteiger partial charge in [0.2, 0.25) is 0 Å². The van der Waals surface area contributed by atoms with E-state index in [0.29, 0.717) is 24.8 Å². The van der Waals surface area contributed by atoms with Gasteiger partial charge in [-0.3, -0.25) is 0 Å². The summed E-state index contributed by atoms with van der Waals surface area (Å²) in [5.41, 5.74) is 3.76. The summed E-state index contributed by atoms with van der Waals surface area (Å²) in [6.07, 6.45) is 0.904. The summed E-state index contributed by atoms with van der Waals surface area (Å²) in [6, 6.07) is 11.8. The van der Waals surface area contributed by atoms with Crippen LogP contribution in [0.5, 0.6) is 11.6 Å². The van der Waals surface area contributed by atoms with Crippen LogP contribution in [0.15, 0.2) is 42.4 Å². The molecule has 0 spiro atoms. The van der Waals surface area contributed by atoms with E-state index >= 15 is 0 Å². The zero-order valence-corrected chi connectivity index (χ0v) is 13.9. The topological polar surface area (TPSA) is 60.8 Å². The van der Waals surface area contributed by atoms with Crippen molar-refractivity contribution in [2.45, 2.75) is 13.3 Å². The summed E-state index contributed by atoms with van der Waals surface area (Å²) in [5.74, 6) is 2.84. The van der Waals surface area contributed by atoms with Gasteiger partial charge in [0.05, 0.1) is 26.0 Å². The molecule has 1 aromatic heterocycles. The molecule has 0 atom stereocenters. The maximum absolute atomic E-state index is 9.48. The summed E-state index contributed by atoms with van der Waals surface area (Å²) >= 11 is 0. The van der Waals surface area contributed by atoms with Crippen LogP contribution in [0.2, 0.25) is 0 Å². The fourth-order valence-electron chi connectivity index (χ4n) is 2.55. The van der Waals surface area contributed by atoms with Crippen LogP contribution in [0.25, 0.3) is 16.8 Å². The van der Waals surface area contributed by atoms with Crippen molar-refractivity contribution >= 4 is 12.7 Å². The SMILES string of the molecule is CCCOc1nc(-c2cccc(C3=CB(O)OC3)c2)ccc1OC. The molecule has 1 aromatic carbocycles. The van der Waals surface area contributed by atoms with Gasteiger partial charge in [-0.2, -0.15) is 0 Å². The van der Waals surface area contributed by atoms with E-state index in [1.54, 1.807) is 13.1 Å². The number of nitrogens with zero attached hydrogens (tertiary/aromatic N) is 1. The standard InChI is InChI=1S/C18H20BNO4/c1-3-9-23-18-17(22-2)8-7-16(20-18)14-6-4-5-13(10-14)15-11-19(21)24-12-15/h4-8,10-11,21H,3,9,12H2,1-2H3. The summed E-state index contributed by atoms with van der Waals surface area (Å²) in [7, 11) is 0.783. The molecule has 0 fully saturated rings. The normalized spacial score (nSPS) is 13.8. The van der Waals surface area contributed by atoms with Crippen LogP contribution in [0.4, 0.5) is 0 Å². The van der Waals surface area contributed by atoms with E-state index in [1.807, 2.05) is 43.3 Å². The Balaban J connectivity index is 1.92. The molecule has 2 heterocycles. The van der Waals surface area contributed by atoms with Gasteiger partial charge in [-0.25, -0.2) is 4.98 Å². The minimum absolute atomic E-state index is 0.408. The van der Waals surface area contributed by atoms with Gasteiger partial charge in [0, 0.05) is 5.56 Å². The Hall–Kier alpha value is -2.31. The molecule has 0 saturated carbocycles. The van der Waals surface area contributed by atoms with Gasteiger partial charge < -0.3 is 19.2 Å². The second kappa shape index (κ2) is 7.51. The molecule has 1 N–H and O–H groups in total. The number of benzene rings is 1. The Morgan fingerprint density at radius 3 is 2.79 bits per heavy atom. The predicted molar refractivity (Wildman–Crippen MR) is 93.9 cm³/mol. The molecule has 0 radical (unpaired) electrons. The molecule has 124 valence electrons. The van der Waals surface area contributed by atoms with E-state index in [2.05, 4.69) is 4.98 Å². The molecular weight excluding hydrogens is 305 g/mol. The number of hydrogen-bond donors (Lipinski definition) is 1. The average molecular weight is 325 g/mol. The zero-order valence-electron chi connectivity index (χ0n) is 13.9. The number of aromatic nitrogens is 1. The van der Waals surface area contributed by atoms with Crippen molar-refractivity contribution in [2.75, 3.05) is 20.3 Å². The third kappa shape index (κ3) is 3.61. The van der Waals surface area contributed by atoms with Crippen molar-refractivity contribution < 1.29 is 19.2 Å². The molecule has 1 aliphatic rings. The summed E-state index contributed by atoms with van der Waals surface area (Å²) in [4.78, 5) is 4.59. The number of hydrogen-bond acceptors (Lipinski definition) is 5. The highest BCUT2D eigenvalue weighted by Crippen LogP contribution is 2.30. The van der Waals surface area contributed by atoms with Crippen LogP contribution in [0.3, 0.4) is 0 Å². The van der Waals surface area contributed by atoms with Crippen LogP contribution in [0.1, 0.15) is 18.9 Å². The van der Waals surface area contributed by atoms with E-state index in [0.717, 1.165) is 28.8 Å². The molecule has 6 heteroatoms. The van der Waals surface area contributed by atoms with Crippen molar-refractivity contribution in [1.29, 1.82) is 0 Å². The maximum Gasteiger partial charge on any atom is 0.484 e. The van der Waals surface area contributed by atoms with Gasteiger partial charge in [0.25, 0.3) is 5.88 Å². The quantitative estimate of drug-likeness (QED) is 0.828. The van der Waals surface area contributed by atoms with Crippen molar-refractivity contribution in [2.24, 2.45) is 0 Å². The fourth-order valence-corrected chi connectivity index (χ4v) is 2.55. The van der Waals surface area contributed by atoms with Gasteiger partial charge in [-0.05, 0) is 41.7 Å². The Bertz CT molecular complexity index is 748. The first-order valence-electron chi connectivity index (χ1n) is 8.00. The van der Waals surface area contributed by atoms with Gasteiger partial charge in [0.1, 0.15) is 0 Å². The maximum atomic E-state index is 9.48. The highest BCUT2D eigenvalue weighted by molar-refractivity contribution is 6.52. The van der Waals surface area contributed by atoms with Crippen molar-refractivity contribution in [3.8, 4) is 22.9 Å². The minimum Gasteiger partial charge on any atom is -0.491 e. The van der Waals surface area contributed by atoms with Gasteiger partial charge >= 0.3 is 7.12 Å². The lowest BCUT2D eigenvalue weighted by Crippen LogP contribution is -2.07. The predicted octanol–water partition coefficient (Wildman–Crippen LogP) is 2.98. The number of pyridine rings is 1. The number of ether oxygens (including phenoxy) is 2. The lowest BCUT2D eigenvalue weighted by atomic mass is 9.89. The van der Waals surface area contributed by atoms with Crippen LogP contribution >= 0.6 is 0 Å². The van der Waals surface area contributed by atoms with Crippen LogP contribution in [-0.2, 0) is 4.65 Å². The second-order valence-electron chi connectivity index (χ2n) is 5.53. The molecule has 0 unspecified atom stereocenters. The van der Waals surface area contributed by atoms with E-state index in [4.69, 9.17) is 14.1 Å². The van der Waals surface area contributed by atoms with E-state index in [1.165, 1.54) is 0 Å². The number of methoxy groups -OCH3 is 1. The zero-order chi connectivity index (χ0) is 16.9.